The van der Waals surface area contributed by atoms with Gasteiger partial charge in [0.1, 0.15) is 29.8 Å². The molecule has 0 spiro atoms. The second-order valence-electron chi connectivity index (χ2n) is 6.85. The van der Waals surface area contributed by atoms with Crippen LogP contribution < -0.4 is 0 Å². The molecule has 3 aromatic rings. The summed E-state index contributed by atoms with van der Waals surface area (Å²) in [5.41, 5.74) is 1.85. The fourth-order valence-corrected chi connectivity index (χ4v) is 3.86. The third-order valence-corrected chi connectivity index (χ3v) is 5.01. The van der Waals surface area contributed by atoms with E-state index in [2.05, 4.69) is 15.0 Å². The van der Waals surface area contributed by atoms with E-state index in [1.165, 1.54) is 0 Å². The number of likely N-dealkylation sites (tertiary alicyclic amines) is 1. The second kappa shape index (κ2) is 6.75. The lowest BCUT2D eigenvalue weighted by Crippen LogP contribution is -2.24. The molecule has 10 heteroatoms. The Bertz CT molecular complexity index is 950. The average molecular weight is 385 g/mol. The first-order chi connectivity index (χ1) is 12.9. The number of hydrogen-bond donors (Lipinski definition) is 2. The molecule has 4 rings (SSSR count). The summed E-state index contributed by atoms with van der Waals surface area (Å²) in [6, 6.07) is 1.19. The molecule has 146 valence electrons. The highest BCUT2D eigenvalue weighted by Gasteiger charge is 2.37. The molecule has 3 aromatic heterocycles. The van der Waals surface area contributed by atoms with E-state index in [4.69, 9.17) is 0 Å². The van der Waals surface area contributed by atoms with E-state index in [1.54, 1.807) is 21.9 Å². The molecule has 0 aromatic carbocycles. The van der Waals surface area contributed by atoms with Crippen molar-refractivity contribution in [3.05, 3.63) is 24.3 Å². The molecule has 4 heterocycles. The van der Waals surface area contributed by atoms with Crippen molar-refractivity contribution in [2.75, 3.05) is 19.6 Å². The minimum Gasteiger partial charge on any atom is -0.388 e. The number of imidazole rings is 1. The average Bonchev–Trinajstić information content (AvgIpc) is 3.28. The largest absolute Gasteiger partial charge is 0.389 e. The molecule has 1 aliphatic heterocycles. The van der Waals surface area contributed by atoms with Crippen LogP contribution in [-0.2, 0) is 6.61 Å². The molecule has 6 nitrogen and oxygen atoms in total. The van der Waals surface area contributed by atoms with E-state index in [0.717, 1.165) is 5.39 Å². The van der Waals surface area contributed by atoms with Crippen molar-refractivity contribution >= 4 is 22.1 Å². The lowest BCUT2D eigenvalue weighted by molar-refractivity contribution is -0.136. The molecule has 0 bridgehead atoms. The van der Waals surface area contributed by atoms with Gasteiger partial charge in [-0.3, -0.25) is 4.90 Å². The Hall–Kier alpha value is -2.20. The first kappa shape index (κ1) is 18.2. The summed E-state index contributed by atoms with van der Waals surface area (Å²) < 4.78 is 53.6. The number of hydrogen-bond acceptors (Lipinski definition) is 4. The maximum absolute atomic E-state index is 14.8. The van der Waals surface area contributed by atoms with Crippen LogP contribution in [0.4, 0.5) is 17.6 Å². The fraction of sp³-hybridized carbons (Fsp3) is 0.529. The van der Waals surface area contributed by atoms with Crippen molar-refractivity contribution in [3.63, 3.8) is 0 Å². The van der Waals surface area contributed by atoms with Crippen LogP contribution in [0.15, 0.2) is 18.5 Å². The number of halogens is 4. The van der Waals surface area contributed by atoms with Gasteiger partial charge in [-0.05, 0) is 19.0 Å². The van der Waals surface area contributed by atoms with Crippen molar-refractivity contribution in [2.45, 2.75) is 37.8 Å². The normalized spacial score (nSPS) is 21.7. The summed E-state index contributed by atoms with van der Waals surface area (Å²) in [6.07, 6.45) is -3.12. The maximum Gasteiger partial charge on any atom is 0.389 e. The summed E-state index contributed by atoms with van der Waals surface area (Å²) in [5, 5.41) is 10.5. The van der Waals surface area contributed by atoms with Crippen LogP contribution in [0.5, 0.6) is 0 Å². The Morgan fingerprint density at radius 3 is 2.85 bits per heavy atom. The van der Waals surface area contributed by atoms with Crippen LogP contribution in [-0.4, -0.2) is 61.5 Å². The van der Waals surface area contributed by atoms with E-state index in [1.807, 2.05) is 6.07 Å². The molecule has 0 aliphatic carbocycles. The number of nitrogens with zero attached hydrogens (tertiary/aromatic N) is 4. The number of aromatic nitrogens is 4. The molecule has 2 atom stereocenters. The van der Waals surface area contributed by atoms with Crippen molar-refractivity contribution in [2.24, 2.45) is 0 Å². The number of aliphatic hydroxyl groups excluding tert-OH is 1. The molecule has 1 aliphatic rings. The maximum atomic E-state index is 14.8. The minimum atomic E-state index is -4.20. The van der Waals surface area contributed by atoms with E-state index >= 15 is 0 Å². The molecule has 0 radical (unpaired) electrons. The fourth-order valence-electron chi connectivity index (χ4n) is 3.86. The highest BCUT2D eigenvalue weighted by atomic mass is 19.4. The second-order valence-corrected chi connectivity index (χ2v) is 6.85. The summed E-state index contributed by atoms with van der Waals surface area (Å²) in [4.78, 5) is 13.3. The molecule has 27 heavy (non-hydrogen) atoms. The molecule has 1 fully saturated rings. The van der Waals surface area contributed by atoms with Crippen LogP contribution in [0.25, 0.3) is 22.1 Å². The van der Waals surface area contributed by atoms with E-state index in [0.29, 0.717) is 22.5 Å². The van der Waals surface area contributed by atoms with Crippen LogP contribution in [0.2, 0.25) is 0 Å². The topological polar surface area (TPSA) is 70.0 Å². The Labute approximate surface area is 151 Å². The lowest BCUT2D eigenvalue weighted by atomic mass is 10.2. The zero-order valence-corrected chi connectivity index (χ0v) is 14.4. The van der Waals surface area contributed by atoms with Gasteiger partial charge in [-0.1, -0.05) is 0 Å². The van der Waals surface area contributed by atoms with Crippen LogP contribution in [0.1, 0.15) is 24.7 Å². The molecular formula is C17H19F4N5O. The number of nitrogens with one attached hydrogen (secondary N) is 1. The van der Waals surface area contributed by atoms with Crippen LogP contribution in [0.3, 0.4) is 0 Å². The van der Waals surface area contributed by atoms with Gasteiger partial charge in [-0.2, -0.15) is 13.2 Å². The Kier molecular flexibility index (Phi) is 4.55. The van der Waals surface area contributed by atoms with Crippen LogP contribution >= 0.6 is 0 Å². The molecular weight excluding hydrogens is 366 g/mol. The van der Waals surface area contributed by atoms with Gasteiger partial charge in [0.2, 0.25) is 0 Å². The number of pyridine rings is 1. The summed E-state index contributed by atoms with van der Waals surface area (Å²) in [5.74, 6) is 0.324. The van der Waals surface area contributed by atoms with E-state index in [-0.39, 0.29) is 32.7 Å². The quantitative estimate of drug-likeness (QED) is 0.663. The van der Waals surface area contributed by atoms with Crippen molar-refractivity contribution in [3.8, 4) is 0 Å². The molecule has 0 amide bonds. The Morgan fingerprint density at radius 2 is 2.11 bits per heavy atom. The van der Waals surface area contributed by atoms with Gasteiger partial charge < -0.3 is 14.7 Å². The smallest absolute Gasteiger partial charge is 0.388 e. The minimum absolute atomic E-state index is 0.0630. The third kappa shape index (κ3) is 3.39. The van der Waals surface area contributed by atoms with Crippen LogP contribution in [0, 0.1) is 0 Å². The highest BCUT2D eigenvalue weighted by Crippen LogP contribution is 2.33. The van der Waals surface area contributed by atoms with Gasteiger partial charge in [0.15, 0.2) is 0 Å². The van der Waals surface area contributed by atoms with Gasteiger partial charge >= 0.3 is 6.18 Å². The lowest BCUT2D eigenvalue weighted by Gasteiger charge is -2.19. The van der Waals surface area contributed by atoms with Gasteiger partial charge in [0.05, 0.1) is 17.8 Å². The van der Waals surface area contributed by atoms with Crippen molar-refractivity contribution < 1.29 is 22.7 Å². The summed E-state index contributed by atoms with van der Waals surface area (Å²) >= 11 is 0. The standard InChI is InChI=1S/C17H19F4N5O/c18-11-7-25(5-1-3-17(19,20)21)8-13(11)26-14(9-27)24-12-6-23-16-10(15(12)26)2-4-22-16/h2,4,6,11,13,27H,1,3,5,7-9H2,(H,22,23). The number of rotatable bonds is 5. The molecule has 2 unspecified atom stereocenters. The number of aromatic amines is 1. The van der Waals surface area contributed by atoms with Gasteiger partial charge in [0, 0.05) is 31.1 Å². The number of aliphatic hydroxyl groups is 1. The Balaban J connectivity index is 1.64. The summed E-state index contributed by atoms with van der Waals surface area (Å²) in [6.45, 7) is 0.149. The molecule has 1 saturated heterocycles. The predicted octanol–water partition coefficient (Wildman–Crippen LogP) is 2.94. The third-order valence-electron chi connectivity index (χ3n) is 5.01. The molecule has 2 N–H and O–H groups in total. The van der Waals surface area contributed by atoms with Gasteiger partial charge in [-0.15, -0.1) is 0 Å². The Morgan fingerprint density at radius 1 is 1.30 bits per heavy atom. The van der Waals surface area contributed by atoms with E-state index in [9.17, 15) is 22.7 Å². The van der Waals surface area contributed by atoms with Gasteiger partial charge in [-0.25, -0.2) is 14.4 Å². The number of alkyl halides is 4. The number of fused-ring (bicyclic) bond motifs is 3. The zero-order valence-electron chi connectivity index (χ0n) is 14.4. The molecule has 0 saturated carbocycles. The summed E-state index contributed by atoms with van der Waals surface area (Å²) in [7, 11) is 0. The van der Waals surface area contributed by atoms with Crippen molar-refractivity contribution in [1.82, 2.24) is 24.4 Å². The monoisotopic (exact) mass is 385 g/mol. The number of H-pyrrole nitrogens is 1. The first-order valence-corrected chi connectivity index (χ1v) is 8.74. The zero-order chi connectivity index (χ0) is 19.2. The predicted molar refractivity (Wildman–Crippen MR) is 91.0 cm³/mol. The highest BCUT2D eigenvalue weighted by molar-refractivity contribution is 6.01. The SMILES string of the molecule is OCc1nc2cnc3[nH]ccc3c2n1C1CN(CCCC(F)(F)F)CC1F. The van der Waals surface area contributed by atoms with E-state index < -0.39 is 24.8 Å². The van der Waals surface area contributed by atoms with Gasteiger partial charge in [0.25, 0.3) is 0 Å². The van der Waals surface area contributed by atoms with Crippen molar-refractivity contribution in [1.29, 1.82) is 0 Å². The first-order valence-electron chi connectivity index (χ1n) is 8.74.